The van der Waals surface area contributed by atoms with E-state index in [1.165, 1.54) is 0 Å². The summed E-state index contributed by atoms with van der Waals surface area (Å²) in [6.45, 7) is 1.66. The van der Waals surface area contributed by atoms with Crippen LogP contribution in [0.15, 0.2) is 22.7 Å². The Bertz CT molecular complexity index is 341. The number of anilines is 1. The summed E-state index contributed by atoms with van der Waals surface area (Å²) in [7, 11) is 0. The molecule has 1 aliphatic rings. The highest BCUT2D eigenvalue weighted by Crippen LogP contribution is 2.38. The molecular formula is C11H15BrN2O. The summed E-state index contributed by atoms with van der Waals surface area (Å²) in [4.78, 5) is 0. The second-order valence-corrected chi connectivity index (χ2v) is 4.84. The van der Waals surface area contributed by atoms with Gasteiger partial charge in [-0.15, -0.1) is 0 Å². The molecule has 3 nitrogen and oxygen atoms in total. The van der Waals surface area contributed by atoms with Gasteiger partial charge in [-0.3, -0.25) is 0 Å². The van der Waals surface area contributed by atoms with Gasteiger partial charge in [-0.05, 0) is 38.1 Å². The fraction of sp³-hybridized carbons (Fsp3) is 0.455. The van der Waals surface area contributed by atoms with Gasteiger partial charge >= 0.3 is 0 Å². The summed E-state index contributed by atoms with van der Waals surface area (Å²) < 4.78 is 0.895. The van der Waals surface area contributed by atoms with Gasteiger partial charge in [0.05, 0.1) is 5.60 Å². The van der Waals surface area contributed by atoms with Crippen LogP contribution >= 0.6 is 15.9 Å². The topological polar surface area (TPSA) is 58.3 Å². The van der Waals surface area contributed by atoms with Crippen LogP contribution in [0.3, 0.4) is 0 Å². The molecule has 4 N–H and O–H groups in total. The molecular weight excluding hydrogens is 256 g/mol. The lowest BCUT2D eigenvalue weighted by Crippen LogP contribution is -2.40. The lowest BCUT2D eigenvalue weighted by atomic mass is 9.84. The van der Waals surface area contributed by atoms with Gasteiger partial charge in [0.15, 0.2) is 0 Å². The van der Waals surface area contributed by atoms with Gasteiger partial charge in [-0.25, -0.2) is 0 Å². The first-order chi connectivity index (χ1) is 7.13. The molecule has 2 rings (SSSR count). The molecule has 0 amide bonds. The van der Waals surface area contributed by atoms with Gasteiger partial charge in [0.2, 0.25) is 0 Å². The van der Waals surface area contributed by atoms with Crippen LogP contribution in [0, 0.1) is 0 Å². The average molecular weight is 271 g/mol. The number of nitrogens with one attached hydrogen (secondary N) is 1. The van der Waals surface area contributed by atoms with Crippen LogP contribution < -0.4 is 11.1 Å². The van der Waals surface area contributed by atoms with Crippen molar-refractivity contribution in [2.75, 3.05) is 18.8 Å². The van der Waals surface area contributed by atoms with Crippen molar-refractivity contribution < 1.29 is 5.11 Å². The minimum absolute atomic E-state index is 0.661. The molecule has 0 aromatic heterocycles. The lowest BCUT2D eigenvalue weighted by molar-refractivity contribution is 0.00600. The summed E-state index contributed by atoms with van der Waals surface area (Å²) in [5, 5.41) is 13.8. The van der Waals surface area contributed by atoms with Gasteiger partial charge < -0.3 is 16.2 Å². The number of rotatable bonds is 1. The second-order valence-electron chi connectivity index (χ2n) is 3.99. The van der Waals surface area contributed by atoms with E-state index < -0.39 is 5.60 Å². The summed E-state index contributed by atoms with van der Waals surface area (Å²) in [5.41, 5.74) is 6.64. The van der Waals surface area contributed by atoms with Gasteiger partial charge in [0, 0.05) is 15.7 Å². The summed E-state index contributed by atoms with van der Waals surface area (Å²) in [6.07, 6.45) is 1.42. The van der Waals surface area contributed by atoms with Crippen molar-refractivity contribution in [2.24, 2.45) is 0 Å². The molecule has 1 aromatic rings. The molecule has 1 aromatic carbocycles. The van der Waals surface area contributed by atoms with E-state index >= 15 is 0 Å². The predicted octanol–water partition coefficient (Wildman–Crippen LogP) is 1.60. The molecule has 1 saturated heterocycles. The van der Waals surface area contributed by atoms with Gasteiger partial charge in [-0.1, -0.05) is 22.0 Å². The highest BCUT2D eigenvalue weighted by atomic mass is 79.9. The maximum absolute atomic E-state index is 10.6. The quantitative estimate of drug-likeness (QED) is 0.680. The van der Waals surface area contributed by atoms with Crippen molar-refractivity contribution in [1.29, 1.82) is 0 Å². The van der Waals surface area contributed by atoms with Crippen LogP contribution in [-0.2, 0) is 5.60 Å². The highest BCUT2D eigenvalue weighted by molar-refractivity contribution is 9.10. The van der Waals surface area contributed by atoms with E-state index in [1.807, 2.05) is 18.2 Å². The van der Waals surface area contributed by atoms with E-state index in [9.17, 15) is 5.11 Å². The van der Waals surface area contributed by atoms with E-state index in [0.29, 0.717) is 18.5 Å². The molecule has 1 fully saturated rings. The zero-order chi connectivity index (χ0) is 10.9. The van der Waals surface area contributed by atoms with Crippen LogP contribution in [0.2, 0.25) is 0 Å². The fourth-order valence-electron chi connectivity index (χ4n) is 2.12. The third-order valence-corrected chi connectivity index (χ3v) is 3.60. The highest BCUT2D eigenvalue weighted by Gasteiger charge is 2.34. The van der Waals surface area contributed by atoms with E-state index in [4.69, 9.17) is 5.73 Å². The first-order valence-corrected chi connectivity index (χ1v) is 5.90. The molecule has 0 unspecified atom stereocenters. The molecule has 0 radical (unpaired) electrons. The van der Waals surface area contributed by atoms with Gasteiger partial charge in [-0.2, -0.15) is 0 Å². The normalized spacial score (nSPS) is 20.1. The third kappa shape index (κ3) is 2.02. The summed E-state index contributed by atoms with van der Waals surface area (Å²) >= 11 is 3.46. The monoisotopic (exact) mass is 270 g/mol. The number of hydrogen-bond donors (Lipinski definition) is 3. The molecule has 1 heterocycles. The second kappa shape index (κ2) is 4.12. The molecule has 1 aliphatic heterocycles. The van der Waals surface area contributed by atoms with E-state index in [1.54, 1.807) is 0 Å². The number of piperidine rings is 1. The van der Waals surface area contributed by atoms with Crippen molar-refractivity contribution in [3.05, 3.63) is 28.2 Å². The standard InChI is InChI=1S/C11H15BrN2O/c12-8-2-1-3-9(13)10(8)11(15)4-6-14-7-5-11/h1-3,14-15H,4-7,13H2. The zero-order valence-electron chi connectivity index (χ0n) is 8.46. The van der Waals surface area contributed by atoms with Crippen LogP contribution in [0.5, 0.6) is 0 Å². The lowest BCUT2D eigenvalue weighted by Gasteiger charge is -2.34. The average Bonchev–Trinajstić information content (AvgIpc) is 2.18. The van der Waals surface area contributed by atoms with Gasteiger partial charge in [0.1, 0.15) is 0 Å². The number of benzene rings is 1. The minimum Gasteiger partial charge on any atom is -0.398 e. The van der Waals surface area contributed by atoms with Crippen LogP contribution in [0.4, 0.5) is 5.69 Å². The molecule has 0 spiro atoms. The largest absolute Gasteiger partial charge is 0.398 e. The first-order valence-electron chi connectivity index (χ1n) is 5.11. The third-order valence-electron chi connectivity index (χ3n) is 2.94. The smallest absolute Gasteiger partial charge is 0.0951 e. The number of nitrogen functional groups attached to an aromatic ring is 1. The Hall–Kier alpha value is -0.580. The Morgan fingerprint density at radius 3 is 2.60 bits per heavy atom. The van der Waals surface area contributed by atoms with Crippen LogP contribution in [0.1, 0.15) is 18.4 Å². The van der Waals surface area contributed by atoms with Crippen molar-refractivity contribution in [2.45, 2.75) is 18.4 Å². The minimum atomic E-state index is -0.782. The van der Waals surface area contributed by atoms with Crippen LogP contribution in [-0.4, -0.2) is 18.2 Å². The molecule has 0 atom stereocenters. The van der Waals surface area contributed by atoms with Crippen LogP contribution in [0.25, 0.3) is 0 Å². The Balaban J connectivity index is 2.42. The van der Waals surface area contributed by atoms with Crippen molar-refractivity contribution in [1.82, 2.24) is 5.32 Å². The summed E-state index contributed by atoms with van der Waals surface area (Å²) in [6, 6.07) is 5.64. The Kier molecular flexibility index (Phi) is 3.00. The molecule has 15 heavy (non-hydrogen) atoms. The predicted molar refractivity (Wildman–Crippen MR) is 64.6 cm³/mol. The van der Waals surface area contributed by atoms with Crippen molar-refractivity contribution in [3.8, 4) is 0 Å². The Labute approximate surface area is 97.8 Å². The molecule has 4 heteroatoms. The molecule has 0 saturated carbocycles. The van der Waals surface area contributed by atoms with E-state index in [0.717, 1.165) is 23.1 Å². The van der Waals surface area contributed by atoms with Crippen molar-refractivity contribution >= 4 is 21.6 Å². The fourth-order valence-corrected chi connectivity index (χ4v) is 2.87. The Morgan fingerprint density at radius 2 is 2.00 bits per heavy atom. The molecule has 82 valence electrons. The molecule has 0 aliphatic carbocycles. The number of halogens is 1. The molecule has 0 bridgehead atoms. The van der Waals surface area contributed by atoms with Gasteiger partial charge in [0.25, 0.3) is 0 Å². The SMILES string of the molecule is Nc1cccc(Br)c1C1(O)CCNCC1. The van der Waals surface area contributed by atoms with E-state index in [-0.39, 0.29) is 0 Å². The first kappa shape index (κ1) is 10.9. The van der Waals surface area contributed by atoms with E-state index in [2.05, 4.69) is 21.2 Å². The Morgan fingerprint density at radius 1 is 1.33 bits per heavy atom. The number of hydrogen-bond acceptors (Lipinski definition) is 3. The maximum Gasteiger partial charge on any atom is 0.0951 e. The van der Waals surface area contributed by atoms with Crippen molar-refractivity contribution in [3.63, 3.8) is 0 Å². The summed E-state index contributed by atoms with van der Waals surface area (Å²) in [5.74, 6) is 0. The number of nitrogens with two attached hydrogens (primary N) is 1. The maximum atomic E-state index is 10.6. The number of aliphatic hydroxyl groups is 1. The zero-order valence-corrected chi connectivity index (χ0v) is 10.0.